The van der Waals surface area contributed by atoms with Crippen molar-refractivity contribution in [1.29, 1.82) is 0 Å². The Bertz CT molecular complexity index is 927. The lowest BCUT2D eigenvalue weighted by molar-refractivity contribution is -0.116. The first-order valence-corrected chi connectivity index (χ1v) is 9.32. The van der Waals surface area contributed by atoms with Gasteiger partial charge in [-0.05, 0) is 48.2 Å². The predicted octanol–water partition coefficient (Wildman–Crippen LogP) is 4.86. The Kier molecular flexibility index (Phi) is 6.52. The maximum absolute atomic E-state index is 12.5. The van der Waals surface area contributed by atoms with E-state index >= 15 is 0 Å². The van der Waals surface area contributed by atoms with Crippen LogP contribution in [0.2, 0.25) is 0 Å². The first-order valence-electron chi connectivity index (χ1n) is 9.32. The van der Waals surface area contributed by atoms with Crippen LogP contribution in [0.5, 0.6) is 0 Å². The van der Waals surface area contributed by atoms with Crippen LogP contribution >= 0.6 is 0 Å². The fraction of sp³-hybridized carbons (Fsp3) is 0.174. The summed E-state index contributed by atoms with van der Waals surface area (Å²) in [5.74, 6) is -0.139. The van der Waals surface area contributed by atoms with Gasteiger partial charge in [0.25, 0.3) is 5.91 Å². The van der Waals surface area contributed by atoms with Crippen LogP contribution in [0.4, 0.5) is 11.4 Å². The molecule has 0 aliphatic heterocycles. The highest BCUT2D eigenvalue weighted by molar-refractivity contribution is 6.05. The molecule has 5 nitrogen and oxygen atoms in total. The summed E-state index contributed by atoms with van der Waals surface area (Å²) >= 11 is 0. The van der Waals surface area contributed by atoms with Crippen LogP contribution < -0.4 is 10.6 Å². The molecular weight excluding hydrogens is 350 g/mol. The van der Waals surface area contributed by atoms with E-state index in [0.29, 0.717) is 23.4 Å². The van der Waals surface area contributed by atoms with Gasteiger partial charge in [-0.2, -0.15) is 0 Å². The molecule has 0 aliphatic rings. The molecule has 28 heavy (non-hydrogen) atoms. The Balaban J connectivity index is 1.63. The standard InChI is InChI=1S/C23H23N3O2/c1-2-17(18-7-4-3-5-8-18)16-22(27)25-21-10-6-9-19(15-21)23(28)26-20-11-13-24-14-12-20/h3-15,17H,2,16H2,1H3,(H,25,27)(H,24,26,28). The Labute approximate surface area is 164 Å². The molecule has 2 amide bonds. The smallest absolute Gasteiger partial charge is 0.255 e. The van der Waals surface area contributed by atoms with Gasteiger partial charge >= 0.3 is 0 Å². The first-order chi connectivity index (χ1) is 13.7. The zero-order chi connectivity index (χ0) is 19.8. The van der Waals surface area contributed by atoms with E-state index in [2.05, 4.69) is 22.5 Å². The van der Waals surface area contributed by atoms with Crippen LogP contribution in [0, 0.1) is 0 Å². The summed E-state index contributed by atoms with van der Waals surface area (Å²) in [5, 5.41) is 5.72. The molecule has 1 aromatic heterocycles. The fourth-order valence-corrected chi connectivity index (χ4v) is 3.04. The van der Waals surface area contributed by atoms with E-state index in [4.69, 9.17) is 0 Å². The van der Waals surface area contributed by atoms with Crippen LogP contribution in [0.1, 0.15) is 41.6 Å². The van der Waals surface area contributed by atoms with E-state index in [1.807, 2.05) is 30.3 Å². The Morgan fingerprint density at radius 2 is 1.64 bits per heavy atom. The number of pyridine rings is 1. The van der Waals surface area contributed by atoms with Gasteiger partial charge in [-0.3, -0.25) is 14.6 Å². The molecule has 142 valence electrons. The molecule has 0 fully saturated rings. The maximum Gasteiger partial charge on any atom is 0.255 e. The number of amides is 2. The van der Waals surface area contributed by atoms with Crippen molar-refractivity contribution in [2.45, 2.75) is 25.7 Å². The molecule has 0 saturated heterocycles. The third-order valence-corrected chi connectivity index (χ3v) is 4.54. The second-order valence-corrected chi connectivity index (χ2v) is 6.54. The number of rotatable bonds is 7. The van der Waals surface area contributed by atoms with Gasteiger partial charge in [0.15, 0.2) is 0 Å². The second kappa shape index (κ2) is 9.46. The number of carbonyl (C=O) groups is 2. The normalized spacial score (nSPS) is 11.5. The van der Waals surface area contributed by atoms with Crippen molar-refractivity contribution in [1.82, 2.24) is 4.98 Å². The summed E-state index contributed by atoms with van der Waals surface area (Å²) in [6.07, 6.45) is 4.51. The minimum Gasteiger partial charge on any atom is -0.326 e. The first kappa shape index (κ1) is 19.3. The number of carbonyl (C=O) groups excluding carboxylic acids is 2. The topological polar surface area (TPSA) is 71.1 Å². The van der Waals surface area contributed by atoms with Crippen LogP contribution in [-0.2, 0) is 4.79 Å². The molecular formula is C23H23N3O2. The second-order valence-electron chi connectivity index (χ2n) is 6.54. The number of aromatic nitrogens is 1. The van der Waals surface area contributed by atoms with Crippen LogP contribution in [0.15, 0.2) is 79.1 Å². The number of hydrogen-bond donors (Lipinski definition) is 2. The molecule has 5 heteroatoms. The fourth-order valence-electron chi connectivity index (χ4n) is 3.04. The third-order valence-electron chi connectivity index (χ3n) is 4.54. The predicted molar refractivity (Wildman–Crippen MR) is 111 cm³/mol. The lowest BCUT2D eigenvalue weighted by atomic mass is 9.93. The summed E-state index contributed by atoms with van der Waals surface area (Å²) in [5.41, 5.74) is 2.91. The van der Waals surface area contributed by atoms with Crippen molar-refractivity contribution in [2.24, 2.45) is 0 Å². The van der Waals surface area contributed by atoms with Crippen molar-refractivity contribution in [3.63, 3.8) is 0 Å². The number of nitrogens with one attached hydrogen (secondary N) is 2. The van der Waals surface area contributed by atoms with Gasteiger partial charge in [-0.15, -0.1) is 0 Å². The number of nitrogens with zero attached hydrogens (tertiary/aromatic N) is 1. The Hall–Kier alpha value is -3.47. The molecule has 3 rings (SSSR count). The number of anilines is 2. The monoisotopic (exact) mass is 373 g/mol. The molecule has 0 aliphatic carbocycles. The zero-order valence-electron chi connectivity index (χ0n) is 15.8. The molecule has 3 aromatic rings. The summed E-state index contributed by atoms with van der Waals surface area (Å²) in [6, 6.07) is 20.4. The van der Waals surface area contributed by atoms with Crippen LogP contribution in [0.3, 0.4) is 0 Å². The third kappa shape index (κ3) is 5.27. The van der Waals surface area contributed by atoms with Crippen LogP contribution in [0.25, 0.3) is 0 Å². The minimum atomic E-state index is -0.238. The SMILES string of the molecule is CCC(CC(=O)Nc1cccc(C(=O)Nc2ccncc2)c1)c1ccccc1. The van der Waals surface area contributed by atoms with Gasteiger partial charge < -0.3 is 10.6 Å². The summed E-state index contributed by atoms with van der Waals surface area (Å²) in [7, 11) is 0. The summed E-state index contributed by atoms with van der Waals surface area (Å²) in [4.78, 5) is 28.9. The number of hydrogen-bond acceptors (Lipinski definition) is 3. The van der Waals surface area contributed by atoms with E-state index in [9.17, 15) is 9.59 Å². The quantitative estimate of drug-likeness (QED) is 0.621. The highest BCUT2D eigenvalue weighted by atomic mass is 16.2. The average molecular weight is 373 g/mol. The summed E-state index contributed by atoms with van der Waals surface area (Å²) in [6.45, 7) is 2.08. The van der Waals surface area contributed by atoms with Crippen molar-refractivity contribution < 1.29 is 9.59 Å². The Morgan fingerprint density at radius 1 is 0.893 bits per heavy atom. The maximum atomic E-state index is 12.5. The van der Waals surface area contributed by atoms with Crippen molar-refractivity contribution >= 4 is 23.2 Å². The van der Waals surface area contributed by atoms with E-state index in [0.717, 1.165) is 12.0 Å². The Morgan fingerprint density at radius 3 is 2.36 bits per heavy atom. The molecule has 2 aromatic carbocycles. The van der Waals surface area contributed by atoms with Gasteiger partial charge in [0, 0.05) is 35.8 Å². The molecule has 0 spiro atoms. The lowest BCUT2D eigenvalue weighted by Gasteiger charge is -2.15. The van der Waals surface area contributed by atoms with Gasteiger partial charge in [-0.25, -0.2) is 0 Å². The summed E-state index contributed by atoms with van der Waals surface area (Å²) < 4.78 is 0. The average Bonchev–Trinajstić information content (AvgIpc) is 2.73. The molecule has 0 bridgehead atoms. The van der Waals surface area contributed by atoms with Crippen molar-refractivity contribution in [3.8, 4) is 0 Å². The lowest BCUT2D eigenvalue weighted by Crippen LogP contribution is -2.16. The largest absolute Gasteiger partial charge is 0.326 e. The van der Waals surface area contributed by atoms with E-state index in [-0.39, 0.29) is 17.7 Å². The van der Waals surface area contributed by atoms with Crippen LogP contribution in [-0.4, -0.2) is 16.8 Å². The van der Waals surface area contributed by atoms with Gasteiger partial charge in [0.05, 0.1) is 0 Å². The highest BCUT2D eigenvalue weighted by Crippen LogP contribution is 2.24. The molecule has 1 unspecified atom stereocenters. The van der Waals surface area contributed by atoms with Gasteiger partial charge in [0.1, 0.15) is 0 Å². The molecule has 0 saturated carbocycles. The van der Waals surface area contributed by atoms with Crippen molar-refractivity contribution in [3.05, 3.63) is 90.3 Å². The highest BCUT2D eigenvalue weighted by Gasteiger charge is 2.15. The van der Waals surface area contributed by atoms with Gasteiger partial charge in [-0.1, -0.05) is 43.3 Å². The molecule has 1 heterocycles. The van der Waals surface area contributed by atoms with Gasteiger partial charge in [0.2, 0.25) is 5.91 Å². The number of benzene rings is 2. The minimum absolute atomic E-state index is 0.0672. The molecule has 2 N–H and O–H groups in total. The zero-order valence-corrected chi connectivity index (χ0v) is 15.8. The molecule has 1 atom stereocenters. The molecule has 0 radical (unpaired) electrons. The van der Waals surface area contributed by atoms with E-state index < -0.39 is 0 Å². The van der Waals surface area contributed by atoms with E-state index in [1.54, 1.807) is 48.8 Å². The van der Waals surface area contributed by atoms with E-state index in [1.165, 1.54) is 0 Å². The van der Waals surface area contributed by atoms with Crippen molar-refractivity contribution in [2.75, 3.05) is 10.6 Å².